The predicted octanol–water partition coefficient (Wildman–Crippen LogP) is 6.29. The molecule has 1 saturated carbocycles. The zero-order valence-electron chi connectivity index (χ0n) is 19.8. The lowest BCUT2D eigenvalue weighted by molar-refractivity contribution is 0.0688. The molecule has 0 saturated heterocycles. The fourth-order valence-corrected chi connectivity index (χ4v) is 4.74. The summed E-state index contributed by atoms with van der Waals surface area (Å²) in [5.74, 6) is -1.00. The number of hydrogen-bond acceptors (Lipinski definition) is 3. The number of carbonyl (C=O) groups is 2. The second-order valence-corrected chi connectivity index (χ2v) is 8.79. The number of amides is 2. The second kappa shape index (κ2) is 10.5. The van der Waals surface area contributed by atoms with Gasteiger partial charge in [0.05, 0.1) is 11.4 Å². The van der Waals surface area contributed by atoms with Crippen molar-refractivity contribution < 1.29 is 14.7 Å². The maximum absolute atomic E-state index is 12.9. The van der Waals surface area contributed by atoms with Crippen LogP contribution in [0.1, 0.15) is 55.1 Å². The van der Waals surface area contributed by atoms with E-state index in [1.165, 1.54) is 19.3 Å². The zero-order chi connectivity index (χ0) is 24.1. The van der Waals surface area contributed by atoms with E-state index in [2.05, 4.69) is 22.5 Å². The molecule has 0 unspecified atom stereocenters. The van der Waals surface area contributed by atoms with E-state index >= 15 is 0 Å². The molecule has 1 heterocycles. The SMILES string of the molecule is CCN(c1ccc(-n2cccc2C(=O)O)cc1NC(=O)Nc1ccc(C)cc1)C1CCCCC1. The molecule has 2 amide bonds. The zero-order valence-corrected chi connectivity index (χ0v) is 19.8. The number of carboxylic acids is 1. The number of carbonyl (C=O) groups excluding carboxylic acids is 1. The lowest BCUT2D eigenvalue weighted by atomic mass is 9.93. The fraction of sp³-hybridized carbons (Fsp3) is 0.333. The maximum atomic E-state index is 12.9. The van der Waals surface area contributed by atoms with Crippen molar-refractivity contribution in [2.24, 2.45) is 0 Å². The smallest absolute Gasteiger partial charge is 0.352 e. The Morgan fingerprint density at radius 2 is 1.76 bits per heavy atom. The number of carboxylic acid groups (broad SMARTS) is 1. The lowest BCUT2D eigenvalue weighted by Crippen LogP contribution is -2.37. The van der Waals surface area contributed by atoms with Crippen molar-refractivity contribution in [3.63, 3.8) is 0 Å². The van der Waals surface area contributed by atoms with Crippen LogP contribution >= 0.6 is 0 Å². The van der Waals surface area contributed by atoms with Crippen LogP contribution in [0.25, 0.3) is 5.69 Å². The molecule has 0 bridgehead atoms. The molecule has 7 heteroatoms. The van der Waals surface area contributed by atoms with Crippen LogP contribution in [0, 0.1) is 6.92 Å². The number of anilines is 3. The van der Waals surface area contributed by atoms with E-state index in [0.717, 1.165) is 30.6 Å². The molecule has 3 N–H and O–H groups in total. The van der Waals surface area contributed by atoms with Gasteiger partial charge in [-0.1, -0.05) is 37.0 Å². The van der Waals surface area contributed by atoms with Crippen LogP contribution in [0.2, 0.25) is 0 Å². The van der Waals surface area contributed by atoms with Crippen molar-refractivity contribution >= 4 is 29.1 Å². The molecule has 34 heavy (non-hydrogen) atoms. The Morgan fingerprint density at radius 1 is 1.03 bits per heavy atom. The number of aromatic nitrogens is 1. The quantitative estimate of drug-likeness (QED) is 0.387. The van der Waals surface area contributed by atoms with E-state index in [0.29, 0.717) is 23.1 Å². The minimum atomic E-state index is -1.00. The highest BCUT2D eigenvalue weighted by atomic mass is 16.4. The van der Waals surface area contributed by atoms with E-state index in [9.17, 15) is 14.7 Å². The summed E-state index contributed by atoms with van der Waals surface area (Å²) in [6.45, 7) is 4.95. The van der Waals surface area contributed by atoms with Gasteiger partial charge in [0.2, 0.25) is 0 Å². The number of hydrogen-bond donors (Lipinski definition) is 3. The van der Waals surface area contributed by atoms with Gasteiger partial charge in [0.25, 0.3) is 0 Å². The van der Waals surface area contributed by atoms with Gasteiger partial charge in [-0.15, -0.1) is 0 Å². The Bertz CT molecular complexity index is 1150. The van der Waals surface area contributed by atoms with Gasteiger partial charge in [0.1, 0.15) is 5.69 Å². The van der Waals surface area contributed by atoms with Crippen molar-refractivity contribution in [2.75, 3.05) is 22.1 Å². The van der Waals surface area contributed by atoms with E-state index in [4.69, 9.17) is 0 Å². The molecular formula is C27H32N4O3. The van der Waals surface area contributed by atoms with Crippen LogP contribution in [0.5, 0.6) is 0 Å². The Labute approximate surface area is 200 Å². The monoisotopic (exact) mass is 460 g/mol. The summed E-state index contributed by atoms with van der Waals surface area (Å²) in [5, 5.41) is 15.5. The van der Waals surface area contributed by atoms with Crippen molar-refractivity contribution in [1.82, 2.24) is 4.57 Å². The first-order chi connectivity index (χ1) is 16.5. The van der Waals surface area contributed by atoms with Crippen LogP contribution in [-0.4, -0.2) is 34.3 Å². The molecule has 1 fully saturated rings. The lowest BCUT2D eigenvalue weighted by Gasteiger charge is -2.36. The van der Waals surface area contributed by atoms with Gasteiger partial charge in [-0.2, -0.15) is 0 Å². The molecule has 7 nitrogen and oxygen atoms in total. The van der Waals surface area contributed by atoms with Crippen LogP contribution in [-0.2, 0) is 0 Å². The number of aryl methyl sites for hydroxylation is 1. The Morgan fingerprint density at radius 3 is 2.44 bits per heavy atom. The summed E-state index contributed by atoms with van der Waals surface area (Å²) >= 11 is 0. The average molecular weight is 461 g/mol. The van der Waals surface area contributed by atoms with Crippen molar-refractivity contribution in [1.29, 1.82) is 0 Å². The number of benzene rings is 2. The van der Waals surface area contributed by atoms with Crippen LogP contribution in [0.15, 0.2) is 60.8 Å². The number of rotatable bonds is 7. The van der Waals surface area contributed by atoms with Gasteiger partial charge >= 0.3 is 12.0 Å². The van der Waals surface area contributed by atoms with Gasteiger partial charge in [-0.25, -0.2) is 9.59 Å². The minimum absolute atomic E-state index is 0.169. The normalized spacial score (nSPS) is 13.9. The Hall–Kier alpha value is -3.74. The average Bonchev–Trinajstić information content (AvgIpc) is 3.33. The van der Waals surface area contributed by atoms with Crippen LogP contribution in [0.3, 0.4) is 0 Å². The highest BCUT2D eigenvalue weighted by Crippen LogP contribution is 2.34. The van der Waals surface area contributed by atoms with Gasteiger partial charge in [-0.3, -0.25) is 0 Å². The summed E-state index contributed by atoms with van der Waals surface area (Å²) in [7, 11) is 0. The molecule has 1 aliphatic carbocycles. The van der Waals surface area contributed by atoms with Gasteiger partial charge in [0, 0.05) is 30.2 Å². The minimum Gasteiger partial charge on any atom is -0.477 e. The summed E-state index contributed by atoms with van der Waals surface area (Å²) in [6, 6.07) is 16.7. The summed E-state index contributed by atoms with van der Waals surface area (Å²) in [5.41, 5.74) is 4.27. The number of nitrogens with one attached hydrogen (secondary N) is 2. The molecule has 0 aliphatic heterocycles. The third-order valence-corrected chi connectivity index (χ3v) is 6.45. The molecule has 0 atom stereocenters. The highest BCUT2D eigenvalue weighted by molar-refractivity contribution is 6.02. The van der Waals surface area contributed by atoms with E-state index in [1.54, 1.807) is 22.9 Å². The highest BCUT2D eigenvalue weighted by Gasteiger charge is 2.23. The number of aromatic carboxylic acids is 1. The second-order valence-electron chi connectivity index (χ2n) is 8.79. The van der Waals surface area contributed by atoms with Gasteiger partial charge in [-0.05, 0) is 69.2 Å². The number of nitrogens with zero attached hydrogens (tertiary/aromatic N) is 2. The first-order valence-corrected chi connectivity index (χ1v) is 11.9. The standard InChI is InChI=1S/C27H32N4O3/c1-3-30(21-8-5-4-6-9-21)24-16-15-22(31-17-7-10-25(31)26(32)33)18-23(24)29-27(34)28-20-13-11-19(2)12-14-20/h7,10-18,21H,3-6,8-9H2,1-2H3,(H,32,33)(H2,28,29,34). The number of urea groups is 1. The van der Waals surface area contributed by atoms with Gasteiger partial charge < -0.3 is 25.2 Å². The molecule has 3 aromatic rings. The van der Waals surface area contributed by atoms with E-state index < -0.39 is 5.97 Å². The molecule has 1 aliphatic rings. The molecular weight excluding hydrogens is 428 g/mol. The molecule has 178 valence electrons. The Balaban J connectivity index is 1.68. The Kier molecular flexibility index (Phi) is 7.21. The molecule has 2 aromatic carbocycles. The van der Waals surface area contributed by atoms with Crippen molar-refractivity contribution in [3.05, 3.63) is 72.1 Å². The van der Waals surface area contributed by atoms with Gasteiger partial charge in [0.15, 0.2) is 0 Å². The van der Waals surface area contributed by atoms with Crippen LogP contribution in [0.4, 0.5) is 21.9 Å². The maximum Gasteiger partial charge on any atom is 0.352 e. The predicted molar refractivity (Wildman–Crippen MR) is 136 cm³/mol. The molecule has 4 rings (SSSR count). The summed E-state index contributed by atoms with van der Waals surface area (Å²) in [6.07, 6.45) is 7.66. The third-order valence-electron chi connectivity index (χ3n) is 6.45. The molecule has 0 spiro atoms. The first kappa shape index (κ1) is 23.4. The molecule has 0 radical (unpaired) electrons. The van der Waals surface area contributed by atoms with E-state index in [-0.39, 0.29) is 11.7 Å². The topological polar surface area (TPSA) is 86.6 Å². The van der Waals surface area contributed by atoms with E-state index in [1.807, 2.05) is 49.4 Å². The molecule has 1 aromatic heterocycles. The first-order valence-electron chi connectivity index (χ1n) is 11.9. The fourth-order valence-electron chi connectivity index (χ4n) is 4.74. The van der Waals surface area contributed by atoms with Crippen molar-refractivity contribution in [2.45, 2.75) is 52.0 Å². The summed E-state index contributed by atoms with van der Waals surface area (Å²) in [4.78, 5) is 27.0. The van der Waals surface area contributed by atoms with Crippen LogP contribution < -0.4 is 15.5 Å². The third kappa shape index (κ3) is 5.25. The van der Waals surface area contributed by atoms with Crippen molar-refractivity contribution in [3.8, 4) is 5.69 Å². The largest absolute Gasteiger partial charge is 0.477 e. The summed E-state index contributed by atoms with van der Waals surface area (Å²) < 4.78 is 1.62.